The third-order valence-corrected chi connectivity index (χ3v) is 1.73. The molecule has 64 valence electrons. The van der Waals surface area contributed by atoms with Crippen LogP contribution in [0.2, 0.25) is 0 Å². The van der Waals surface area contributed by atoms with Gasteiger partial charge >= 0.3 is 0 Å². The topological polar surface area (TPSA) is 49.8 Å². The van der Waals surface area contributed by atoms with Crippen LogP contribution < -0.4 is 0 Å². The Labute approximate surface area is 66.4 Å². The van der Waals surface area contributed by atoms with Gasteiger partial charge in [0.2, 0.25) is 0 Å². The molecule has 1 fully saturated rings. The number of aliphatic hydroxyl groups excluding tert-OH is 1. The Bertz CT molecular complexity index is 159. The third kappa shape index (κ3) is 2.99. The van der Waals surface area contributed by atoms with Crippen LogP contribution >= 0.6 is 0 Å². The van der Waals surface area contributed by atoms with Gasteiger partial charge in [0.1, 0.15) is 5.78 Å². The molecule has 0 unspecified atom stereocenters. The van der Waals surface area contributed by atoms with E-state index in [0.29, 0.717) is 13.0 Å². The van der Waals surface area contributed by atoms with E-state index in [2.05, 4.69) is 0 Å². The lowest BCUT2D eigenvalue weighted by Gasteiger charge is -2.05. The highest BCUT2D eigenvalue weighted by atomic mass is 16.6. The highest BCUT2D eigenvalue weighted by Crippen LogP contribution is 2.30. The third-order valence-electron chi connectivity index (χ3n) is 1.73. The summed E-state index contributed by atoms with van der Waals surface area (Å²) in [5, 5.41) is 8.88. The van der Waals surface area contributed by atoms with Crippen LogP contribution in [0.1, 0.15) is 26.7 Å². The van der Waals surface area contributed by atoms with Crippen molar-refractivity contribution in [3.05, 3.63) is 0 Å². The van der Waals surface area contributed by atoms with Gasteiger partial charge in [-0.3, -0.25) is 4.79 Å². The monoisotopic (exact) mass is 158 g/mol. The van der Waals surface area contributed by atoms with Crippen molar-refractivity contribution >= 4 is 5.78 Å². The van der Waals surface area contributed by atoms with Crippen LogP contribution in [0.3, 0.4) is 0 Å². The number of rotatable bonds is 4. The van der Waals surface area contributed by atoms with Gasteiger partial charge in [0.15, 0.2) is 0 Å². The van der Waals surface area contributed by atoms with E-state index in [4.69, 9.17) is 9.84 Å². The number of aliphatic hydroxyl groups is 1. The van der Waals surface area contributed by atoms with Crippen LogP contribution in [0.4, 0.5) is 0 Å². The van der Waals surface area contributed by atoms with Crippen LogP contribution in [0.25, 0.3) is 0 Å². The van der Waals surface area contributed by atoms with E-state index in [-0.39, 0.29) is 17.8 Å². The summed E-state index contributed by atoms with van der Waals surface area (Å²) >= 11 is 0. The van der Waals surface area contributed by atoms with Crippen LogP contribution in [-0.4, -0.2) is 29.2 Å². The molecule has 1 rings (SSSR count). The van der Waals surface area contributed by atoms with Gasteiger partial charge in [-0.25, -0.2) is 0 Å². The van der Waals surface area contributed by atoms with E-state index < -0.39 is 6.10 Å². The lowest BCUT2D eigenvalue weighted by Crippen LogP contribution is -2.16. The molecule has 3 nitrogen and oxygen atoms in total. The lowest BCUT2D eigenvalue weighted by molar-refractivity contribution is -0.121. The molecule has 0 aromatic rings. The lowest BCUT2D eigenvalue weighted by atomic mass is 10.0. The Morgan fingerprint density at radius 2 is 2.36 bits per heavy atom. The van der Waals surface area contributed by atoms with Crippen molar-refractivity contribution in [1.29, 1.82) is 0 Å². The van der Waals surface area contributed by atoms with E-state index in [9.17, 15) is 4.79 Å². The van der Waals surface area contributed by atoms with Crippen molar-refractivity contribution in [1.82, 2.24) is 0 Å². The van der Waals surface area contributed by atoms with Crippen molar-refractivity contribution in [3.8, 4) is 0 Å². The summed E-state index contributed by atoms with van der Waals surface area (Å²) in [6.07, 6.45) is 0.168. The van der Waals surface area contributed by atoms with Gasteiger partial charge in [0, 0.05) is 12.8 Å². The number of epoxide rings is 1. The number of hydrogen-bond donors (Lipinski definition) is 1. The number of ketones is 1. The largest absolute Gasteiger partial charge is 0.393 e. The maximum Gasteiger partial charge on any atom is 0.138 e. The molecule has 1 aliphatic heterocycles. The minimum atomic E-state index is -0.523. The predicted octanol–water partition coefficient (Wildman–Crippen LogP) is 0.505. The van der Waals surface area contributed by atoms with Gasteiger partial charge < -0.3 is 9.84 Å². The second kappa shape index (κ2) is 2.91. The molecule has 0 amide bonds. The second-order valence-corrected chi connectivity index (χ2v) is 3.51. The maximum absolute atomic E-state index is 11.1. The van der Waals surface area contributed by atoms with Gasteiger partial charge in [-0.2, -0.15) is 0 Å². The zero-order valence-electron chi connectivity index (χ0n) is 6.96. The molecule has 1 N–H and O–H groups in total. The number of ether oxygens (including phenoxy) is 1. The molecule has 1 aliphatic rings. The highest BCUT2D eigenvalue weighted by molar-refractivity contribution is 5.80. The molecule has 0 aromatic heterocycles. The molecule has 1 heterocycles. The normalized spacial score (nSPS) is 31.5. The van der Waals surface area contributed by atoms with Crippen molar-refractivity contribution < 1.29 is 14.6 Å². The maximum atomic E-state index is 11.1. The Hall–Kier alpha value is -0.410. The van der Waals surface area contributed by atoms with Gasteiger partial charge in [0.25, 0.3) is 0 Å². The van der Waals surface area contributed by atoms with E-state index in [1.807, 2.05) is 6.92 Å². The fourth-order valence-corrected chi connectivity index (χ4v) is 1.04. The van der Waals surface area contributed by atoms with E-state index in [0.717, 1.165) is 0 Å². The summed E-state index contributed by atoms with van der Waals surface area (Å²) in [4.78, 5) is 11.1. The number of Topliss-reactive ketones (excluding diaryl/α,β-unsaturated/α-hetero) is 1. The summed E-state index contributed by atoms with van der Waals surface area (Å²) in [6.45, 7) is 4.21. The molecule has 0 aromatic carbocycles. The fourth-order valence-electron chi connectivity index (χ4n) is 1.04. The number of hydrogen-bond acceptors (Lipinski definition) is 3. The summed E-state index contributed by atoms with van der Waals surface area (Å²) in [5.74, 6) is 0.0833. The number of carbonyl (C=O) groups excluding carboxylic acids is 1. The summed E-state index contributed by atoms with van der Waals surface area (Å²) in [6, 6.07) is 0. The first kappa shape index (κ1) is 8.68. The minimum absolute atomic E-state index is 0.0833. The molecule has 0 saturated carbocycles. The van der Waals surface area contributed by atoms with E-state index >= 15 is 0 Å². The smallest absolute Gasteiger partial charge is 0.138 e. The molecular weight excluding hydrogens is 144 g/mol. The summed E-state index contributed by atoms with van der Waals surface area (Å²) < 4.78 is 5.05. The molecule has 0 aliphatic carbocycles. The Kier molecular flexibility index (Phi) is 2.30. The molecule has 0 spiro atoms. The van der Waals surface area contributed by atoms with Gasteiger partial charge in [-0.1, -0.05) is 0 Å². The Morgan fingerprint density at radius 1 is 1.82 bits per heavy atom. The average Bonchev–Trinajstić information content (AvgIpc) is 2.44. The van der Waals surface area contributed by atoms with Crippen LogP contribution in [0, 0.1) is 0 Å². The van der Waals surface area contributed by atoms with Crippen molar-refractivity contribution in [2.75, 3.05) is 6.61 Å². The van der Waals surface area contributed by atoms with Crippen LogP contribution in [-0.2, 0) is 9.53 Å². The predicted molar refractivity (Wildman–Crippen MR) is 40.3 cm³/mol. The first-order chi connectivity index (χ1) is 5.02. The zero-order chi connectivity index (χ0) is 8.48. The standard InChI is InChI=1S/C8H14O3/c1-6(9)3-7(10)4-8(2)5-11-8/h6,9H,3-5H2,1-2H3/t6-,8-/m1/s1. The molecule has 1 saturated heterocycles. The highest BCUT2D eigenvalue weighted by Gasteiger charge is 2.40. The van der Waals surface area contributed by atoms with Crippen LogP contribution in [0.15, 0.2) is 0 Å². The minimum Gasteiger partial charge on any atom is -0.393 e. The van der Waals surface area contributed by atoms with E-state index in [1.54, 1.807) is 6.92 Å². The SMILES string of the molecule is C[C@@H](O)CC(=O)C[C@]1(C)CO1. The Balaban J connectivity index is 2.21. The van der Waals surface area contributed by atoms with Gasteiger partial charge in [-0.15, -0.1) is 0 Å². The van der Waals surface area contributed by atoms with Crippen molar-refractivity contribution in [2.45, 2.75) is 38.4 Å². The quantitative estimate of drug-likeness (QED) is 0.606. The molecule has 3 heteroatoms. The fraction of sp³-hybridized carbons (Fsp3) is 0.875. The van der Waals surface area contributed by atoms with Crippen molar-refractivity contribution in [3.63, 3.8) is 0 Å². The van der Waals surface area contributed by atoms with Gasteiger partial charge in [0.05, 0.1) is 18.3 Å². The molecule has 0 radical (unpaired) electrons. The number of carbonyl (C=O) groups is 1. The molecular formula is C8H14O3. The van der Waals surface area contributed by atoms with Crippen LogP contribution in [0.5, 0.6) is 0 Å². The summed E-state index contributed by atoms with van der Waals surface area (Å²) in [5.41, 5.74) is -0.202. The van der Waals surface area contributed by atoms with Crippen molar-refractivity contribution in [2.24, 2.45) is 0 Å². The summed E-state index contributed by atoms with van der Waals surface area (Å²) in [7, 11) is 0. The van der Waals surface area contributed by atoms with Gasteiger partial charge in [-0.05, 0) is 13.8 Å². The second-order valence-electron chi connectivity index (χ2n) is 3.51. The zero-order valence-corrected chi connectivity index (χ0v) is 6.96. The first-order valence-corrected chi connectivity index (χ1v) is 3.85. The Morgan fingerprint density at radius 3 is 2.73 bits per heavy atom. The molecule has 11 heavy (non-hydrogen) atoms. The average molecular weight is 158 g/mol. The molecule has 2 atom stereocenters. The first-order valence-electron chi connectivity index (χ1n) is 3.85. The van der Waals surface area contributed by atoms with E-state index in [1.165, 1.54) is 0 Å². The molecule has 0 bridgehead atoms.